The molecule has 0 saturated heterocycles. The fraction of sp³-hybridized carbons (Fsp3) is 0.0222. The smallest absolute Gasteiger partial charge is 0.0540 e. The van der Waals surface area contributed by atoms with Gasteiger partial charge in [0.05, 0.1) is 5.69 Å². The minimum absolute atomic E-state index is 0.142. The Morgan fingerprint density at radius 3 is 1.50 bits per heavy atom. The largest absolute Gasteiger partial charge is 0.310 e. The van der Waals surface area contributed by atoms with E-state index in [2.05, 4.69) is 199 Å². The summed E-state index contributed by atoms with van der Waals surface area (Å²) in [5.41, 5.74) is 9.75. The predicted molar refractivity (Wildman–Crippen MR) is 195 cm³/mol. The van der Waals surface area contributed by atoms with E-state index in [0.717, 1.165) is 11.4 Å². The molecular weight excluding hydrogens is 555 g/mol. The third kappa shape index (κ3) is 5.23. The van der Waals surface area contributed by atoms with E-state index >= 15 is 0 Å². The van der Waals surface area contributed by atoms with Crippen molar-refractivity contribution in [3.05, 3.63) is 211 Å². The maximum absolute atomic E-state index is 2.35. The van der Waals surface area contributed by atoms with Crippen LogP contribution in [0, 0.1) is 0 Å². The molecule has 0 heterocycles. The van der Waals surface area contributed by atoms with E-state index < -0.39 is 0 Å². The van der Waals surface area contributed by atoms with Gasteiger partial charge in [0.25, 0.3) is 0 Å². The standard InChI is InChI=1S/C45H33N/c1-3-15-37(16-4-1)45(43-23-11-17-35-13-7-9-21-41(35)43)38-27-25-33(26-28-38)34-29-31-40(32-30-34)46(39-19-5-2-6-20-39)44-24-12-18-36-14-8-10-22-42(36)44/h1-32,45H/t45-/m1/s1. The summed E-state index contributed by atoms with van der Waals surface area (Å²) in [5.74, 6) is 0.142. The molecule has 0 aliphatic heterocycles. The van der Waals surface area contributed by atoms with Crippen molar-refractivity contribution < 1.29 is 0 Å². The van der Waals surface area contributed by atoms with Crippen molar-refractivity contribution in [2.45, 2.75) is 5.92 Å². The molecule has 0 aromatic heterocycles. The summed E-state index contributed by atoms with van der Waals surface area (Å²) in [6, 6.07) is 70.1. The van der Waals surface area contributed by atoms with Gasteiger partial charge in [-0.1, -0.05) is 164 Å². The number of hydrogen-bond acceptors (Lipinski definition) is 1. The van der Waals surface area contributed by atoms with Gasteiger partial charge < -0.3 is 4.90 Å². The summed E-state index contributed by atoms with van der Waals surface area (Å²) in [6.45, 7) is 0. The van der Waals surface area contributed by atoms with Crippen LogP contribution in [-0.2, 0) is 0 Å². The topological polar surface area (TPSA) is 3.24 Å². The molecule has 1 nitrogen and oxygen atoms in total. The summed E-state index contributed by atoms with van der Waals surface area (Å²) in [5, 5.41) is 5.03. The average molecular weight is 588 g/mol. The van der Waals surface area contributed by atoms with Gasteiger partial charge in [-0.25, -0.2) is 0 Å². The van der Waals surface area contributed by atoms with Gasteiger partial charge in [0.1, 0.15) is 0 Å². The minimum atomic E-state index is 0.142. The van der Waals surface area contributed by atoms with Gasteiger partial charge >= 0.3 is 0 Å². The first-order valence-electron chi connectivity index (χ1n) is 15.9. The van der Waals surface area contributed by atoms with E-state index in [1.165, 1.54) is 55.0 Å². The summed E-state index contributed by atoms with van der Waals surface area (Å²) in [7, 11) is 0. The summed E-state index contributed by atoms with van der Waals surface area (Å²) < 4.78 is 0. The molecule has 0 bridgehead atoms. The summed E-state index contributed by atoms with van der Waals surface area (Å²) in [6.07, 6.45) is 0. The lowest BCUT2D eigenvalue weighted by Crippen LogP contribution is -2.10. The van der Waals surface area contributed by atoms with Crippen LogP contribution < -0.4 is 4.90 Å². The van der Waals surface area contributed by atoms with E-state index in [4.69, 9.17) is 0 Å². The van der Waals surface area contributed by atoms with Crippen LogP contribution in [0.25, 0.3) is 32.7 Å². The summed E-state index contributed by atoms with van der Waals surface area (Å²) >= 11 is 0. The highest BCUT2D eigenvalue weighted by atomic mass is 15.1. The molecule has 0 amide bonds. The third-order valence-electron chi connectivity index (χ3n) is 8.99. The lowest BCUT2D eigenvalue weighted by atomic mass is 9.82. The van der Waals surface area contributed by atoms with Gasteiger partial charge in [-0.15, -0.1) is 0 Å². The van der Waals surface area contributed by atoms with Crippen LogP contribution in [0.5, 0.6) is 0 Å². The van der Waals surface area contributed by atoms with E-state index in [0.29, 0.717) is 0 Å². The molecular formula is C45H33N. The minimum Gasteiger partial charge on any atom is -0.310 e. The SMILES string of the molecule is c1ccc([C@H](c2ccc(-c3ccc(N(c4ccccc4)c4cccc5ccccc45)cc3)cc2)c2cccc3ccccc23)cc1. The van der Waals surface area contributed by atoms with Crippen molar-refractivity contribution in [2.24, 2.45) is 0 Å². The first-order chi connectivity index (χ1) is 22.8. The Labute approximate surface area is 270 Å². The second-order valence-corrected chi connectivity index (χ2v) is 11.8. The average Bonchev–Trinajstić information content (AvgIpc) is 3.14. The molecule has 0 fully saturated rings. The van der Waals surface area contributed by atoms with Crippen molar-refractivity contribution in [2.75, 3.05) is 4.90 Å². The quantitative estimate of drug-likeness (QED) is 0.168. The highest BCUT2D eigenvalue weighted by Crippen LogP contribution is 2.40. The van der Waals surface area contributed by atoms with E-state index in [-0.39, 0.29) is 5.92 Å². The Bertz CT molecular complexity index is 2060. The highest BCUT2D eigenvalue weighted by molar-refractivity contribution is 5.99. The van der Waals surface area contributed by atoms with Gasteiger partial charge in [0.2, 0.25) is 0 Å². The Morgan fingerprint density at radius 2 is 0.804 bits per heavy atom. The number of anilines is 3. The molecule has 0 unspecified atom stereocenters. The Hall–Kier alpha value is -5.92. The molecule has 46 heavy (non-hydrogen) atoms. The Morgan fingerprint density at radius 1 is 0.326 bits per heavy atom. The highest BCUT2D eigenvalue weighted by Gasteiger charge is 2.19. The molecule has 0 aliphatic rings. The predicted octanol–water partition coefficient (Wildman–Crippen LogP) is 12.3. The van der Waals surface area contributed by atoms with Crippen LogP contribution >= 0.6 is 0 Å². The normalized spacial score (nSPS) is 11.8. The maximum Gasteiger partial charge on any atom is 0.0540 e. The van der Waals surface area contributed by atoms with Gasteiger partial charge in [0, 0.05) is 22.7 Å². The molecule has 0 radical (unpaired) electrons. The van der Waals surface area contributed by atoms with Crippen LogP contribution in [-0.4, -0.2) is 0 Å². The Kier molecular flexibility index (Phi) is 7.34. The first kappa shape index (κ1) is 27.6. The van der Waals surface area contributed by atoms with E-state index in [1.54, 1.807) is 0 Å². The molecule has 8 rings (SSSR count). The van der Waals surface area contributed by atoms with Crippen molar-refractivity contribution >= 4 is 38.6 Å². The monoisotopic (exact) mass is 587 g/mol. The second kappa shape index (κ2) is 12.2. The fourth-order valence-corrected chi connectivity index (χ4v) is 6.78. The van der Waals surface area contributed by atoms with Crippen LogP contribution in [0.1, 0.15) is 22.6 Å². The number of benzene rings is 8. The number of para-hydroxylation sites is 1. The number of hydrogen-bond donors (Lipinski definition) is 0. The molecule has 0 saturated carbocycles. The van der Waals surface area contributed by atoms with Crippen LogP contribution in [0.2, 0.25) is 0 Å². The Balaban J connectivity index is 1.16. The maximum atomic E-state index is 2.35. The lowest BCUT2D eigenvalue weighted by Gasteiger charge is -2.27. The molecule has 1 heteroatoms. The van der Waals surface area contributed by atoms with Gasteiger partial charge in [-0.3, -0.25) is 0 Å². The van der Waals surface area contributed by atoms with Crippen LogP contribution in [0.15, 0.2) is 194 Å². The molecule has 218 valence electrons. The molecule has 8 aromatic carbocycles. The van der Waals surface area contributed by atoms with Crippen LogP contribution in [0.3, 0.4) is 0 Å². The fourth-order valence-electron chi connectivity index (χ4n) is 6.78. The van der Waals surface area contributed by atoms with Crippen molar-refractivity contribution in [3.8, 4) is 11.1 Å². The van der Waals surface area contributed by atoms with Crippen molar-refractivity contribution in [1.29, 1.82) is 0 Å². The molecule has 0 aliphatic carbocycles. The number of rotatable bonds is 7. The van der Waals surface area contributed by atoms with Gasteiger partial charge in [-0.05, 0) is 74.3 Å². The third-order valence-corrected chi connectivity index (χ3v) is 8.99. The molecule has 0 N–H and O–H groups in total. The van der Waals surface area contributed by atoms with Crippen molar-refractivity contribution in [1.82, 2.24) is 0 Å². The van der Waals surface area contributed by atoms with Gasteiger partial charge in [0.15, 0.2) is 0 Å². The number of nitrogens with zero attached hydrogens (tertiary/aromatic N) is 1. The zero-order valence-electron chi connectivity index (χ0n) is 25.5. The molecule has 8 aromatic rings. The van der Waals surface area contributed by atoms with Gasteiger partial charge in [-0.2, -0.15) is 0 Å². The zero-order chi connectivity index (χ0) is 30.7. The summed E-state index contributed by atoms with van der Waals surface area (Å²) in [4.78, 5) is 2.35. The first-order valence-corrected chi connectivity index (χ1v) is 15.9. The zero-order valence-corrected chi connectivity index (χ0v) is 25.5. The lowest BCUT2D eigenvalue weighted by molar-refractivity contribution is 0.989. The number of fused-ring (bicyclic) bond motifs is 2. The van der Waals surface area contributed by atoms with E-state index in [9.17, 15) is 0 Å². The second-order valence-electron chi connectivity index (χ2n) is 11.8. The van der Waals surface area contributed by atoms with Crippen LogP contribution in [0.4, 0.5) is 17.1 Å². The molecule has 0 spiro atoms. The molecule has 1 atom stereocenters. The van der Waals surface area contributed by atoms with E-state index in [1.807, 2.05) is 0 Å². The van der Waals surface area contributed by atoms with Crippen molar-refractivity contribution in [3.63, 3.8) is 0 Å².